The second-order valence-electron chi connectivity index (χ2n) is 9.46. The van der Waals surface area contributed by atoms with Crippen LogP contribution in [-0.4, -0.2) is 67.1 Å². The number of aliphatic imine (C=N–C) groups is 1. The lowest BCUT2D eigenvalue weighted by Gasteiger charge is -2.31. The molecule has 0 aliphatic carbocycles. The Labute approximate surface area is 209 Å². The highest BCUT2D eigenvalue weighted by molar-refractivity contribution is 5.91. The Morgan fingerprint density at radius 1 is 1.09 bits per heavy atom. The lowest BCUT2D eigenvalue weighted by atomic mass is 9.96. The molecule has 8 heteroatoms. The first kappa shape index (κ1) is 26.5. The molecule has 3 rings (SSSR count). The second-order valence-corrected chi connectivity index (χ2v) is 9.46. The summed E-state index contributed by atoms with van der Waals surface area (Å²) < 4.78 is 0. The maximum atomic E-state index is 12.3. The van der Waals surface area contributed by atoms with Gasteiger partial charge in [-0.2, -0.15) is 0 Å². The Hall–Kier alpha value is -3.13. The summed E-state index contributed by atoms with van der Waals surface area (Å²) in [5, 5.41) is 9.59. The van der Waals surface area contributed by atoms with Gasteiger partial charge in [-0.15, -0.1) is 0 Å². The van der Waals surface area contributed by atoms with Crippen LogP contribution >= 0.6 is 0 Å². The highest BCUT2D eigenvalue weighted by atomic mass is 16.2. The van der Waals surface area contributed by atoms with Gasteiger partial charge in [-0.25, -0.2) is 4.99 Å². The van der Waals surface area contributed by atoms with E-state index in [2.05, 4.69) is 32.4 Å². The molecule has 3 N–H and O–H groups in total. The average Bonchev–Trinajstić information content (AvgIpc) is 3.36. The molecular weight excluding hydrogens is 440 g/mol. The zero-order valence-corrected chi connectivity index (χ0v) is 21.2. The van der Waals surface area contributed by atoms with Crippen LogP contribution < -0.4 is 16.0 Å². The van der Waals surface area contributed by atoms with E-state index >= 15 is 0 Å². The van der Waals surface area contributed by atoms with Crippen molar-refractivity contribution in [3.63, 3.8) is 0 Å². The van der Waals surface area contributed by atoms with Crippen LogP contribution in [0.5, 0.6) is 0 Å². The number of rotatable bonds is 11. The molecule has 2 aliphatic heterocycles. The minimum absolute atomic E-state index is 0.0309. The molecule has 0 atom stereocenters. The third-order valence-corrected chi connectivity index (χ3v) is 6.57. The first-order valence-corrected chi connectivity index (χ1v) is 12.7. The lowest BCUT2D eigenvalue weighted by molar-refractivity contribution is -0.130. The quantitative estimate of drug-likeness (QED) is 0.419. The predicted molar refractivity (Wildman–Crippen MR) is 143 cm³/mol. The average molecular weight is 481 g/mol. The third kappa shape index (κ3) is 9.56. The minimum atomic E-state index is 0.0309. The molecule has 2 amide bonds. The molecule has 8 nitrogen and oxygen atoms in total. The Balaban J connectivity index is 1.37. The van der Waals surface area contributed by atoms with Crippen LogP contribution in [0.25, 0.3) is 0 Å². The number of carbonyl (C=O) groups is 2. The van der Waals surface area contributed by atoms with Crippen molar-refractivity contribution in [2.24, 2.45) is 10.9 Å². The summed E-state index contributed by atoms with van der Waals surface area (Å²) in [4.78, 5) is 32.3. The second kappa shape index (κ2) is 13.7. The van der Waals surface area contributed by atoms with Gasteiger partial charge in [-0.05, 0) is 75.9 Å². The fraction of sp³-hybridized carbons (Fsp3) is 0.519. The molecule has 0 saturated carbocycles. The number of nitrogens with zero attached hydrogens (tertiary/aromatic N) is 3. The summed E-state index contributed by atoms with van der Waals surface area (Å²) in [6, 6.07) is 7.58. The van der Waals surface area contributed by atoms with Crippen LogP contribution in [-0.2, 0) is 9.59 Å². The standard InChI is InChI=1S/C27H40N6O2/c1-21(29-20-24-10-17-33(18-11-24)23(3)34)9-13-28-22(2)30-25-7-6-8-26(19-25)31-27(35)12-16-32-14-4-5-15-32/h6-9,13,19,24,29-30H,2,4-5,10-12,14-18,20H2,1,3H3,(H,31,35)/b21-9+,28-13?. The smallest absolute Gasteiger partial charge is 0.225 e. The SMILES string of the molecule is C=C(N=C/C=C(\C)NCC1CCN(C(C)=O)CC1)Nc1cccc(NC(=O)CCN2CCCC2)c1. The number of benzene rings is 1. The maximum absolute atomic E-state index is 12.3. The van der Waals surface area contributed by atoms with E-state index in [4.69, 9.17) is 0 Å². The van der Waals surface area contributed by atoms with Crippen molar-refractivity contribution in [3.05, 3.63) is 48.4 Å². The Kier molecular flexibility index (Phi) is 10.3. The highest BCUT2D eigenvalue weighted by Crippen LogP contribution is 2.18. The molecule has 0 bridgehead atoms. The van der Waals surface area contributed by atoms with Crippen molar-refractivity contribution in [1.82, 2.24) is 15.1 Å². The Bertz CT molecular complexity index is 927. The van der Waals surface area contributed by atoms with Gasteiger partial charge in [0.25, 0.3) is 0 Å². The number of amides is 2. The minimum Gasteiger partial charge on any atom is -0.388 e. The predicted octanol–water partition coefficient (Wildman–Crippen LogP) is 3.82. The van der Waals surface area contributed by atoms with Crippen LogP contribution in [0, 0.1) is 5.92 Å². The zero-order chi connectivity index (χ0) is 25.0. The van der Waals surface area contributed by atoms with Crippen molar-refractivity contribution in [2.45, 2.75) is 46.0 Å². The maximum Gasteiger partial charge on any atom is 0.225 e. The van der Waals surface area contributed by atoms with Crippen molar-refractivity contribution >= 4 is 29.4 Å². The van der Waals surface area contributed by atoms with Gasteiger partial charge in [-0.3, -0.25) is 9.59 Å². The zero-order valence-electron chi connectivity index (χ0n) is 21.2. The summed E-state index contributed by atoms with van der Waals surface area (Å²) in [7, 11) is 0. The number of piperidine rings is 1. The number of anilines is 2. The van der Waals surface area contributed by atoms with Gasteiger partial charge in [0.05, 0.1) is 0 Å². The first-order chi connectivity index (χ1) is 16.9. The van der Waals surface area contributed by atoms with Crippen LogP contribution in [0.15, 0.2) is 53.4 Å². The molecule has 0 unspecified atom stereocenters. The van der Waals surface area contributed by atoms with Crippen molar-refractivity contribution in [3.8, 4) is 0 Å². The number of nitrogens with one attached hydrogen (secondary N) is 3. The van der Waals surface area contributed by atoms with E-state index in [-0.39, 0.29) is 11.8 Å². The molecule has 1 aromatic carbocycles. The highest BCUT2D eigenvalue weighted by Gasteiger charge is 2.20. The summed E-state index contributed by atoms with van der Waals surface area (Å²) in [5.41, 5.74) is 2.61. The number of likely N-dealkylation sites (tertiary alicyclic amines) is 2. The molecule has 2 saturated heterocycles. The van der Waals surface area contributed by atoms with Gasteiger partial charge in [0.2, 0.25) is 11.8 Å². The van der Waals surface area contributed by atoms with E-state index < -0.39 is 0 Å². The van der Waals surface area contributed by atoms with Crippen molar-refractivity contribution in [2.75, 3.05) is 49.9 Å². The van der Waals surface area contributed by atoms with Gasteiger partial charge in [-0.1, -0.05) is 12.6 Å². The molecule has 2 heterocycles. The van der Waals surface area contributed by atoms with Gasteiger partial charge in [0.15, 0.2) is 0 Å². The molecular formula is C27H40N6O2. The van der Waals surface area contributed by atoms with E-state index in [1.807, 2.05) is 42.2 Å². The molecule has 35 heavy (non-hydrogen) atoms. The molecule has 2 aliphatic rings. The molecule has 2 fully saturated rings. The molecule has 190 valence electrons. The molecule has 0 aromatic heterocycles. The summed E-state index contributed by atoms with van der Waals surface area (Å²) in [6.45, 7) is 13.2. The summed E-state index contributed by atoms with van der Waals surface area (Å²) >= 11 is 0. The van der Waals surface area contributed by atoms with Crippen LogP contribution in [0.3, 0.4) is 0 Å². The van der Waals surface area contributed by atoms with Crippen LogP contribution in [0.4, 0.5) is 11.4 Å². The van der Waals surface area contributed by atoms with E-state index in [1.165, 1.54) is 12.8 Å². The van der Waals surface area contributed by atoms with Gasteiger partial charge >= 0.3 is 0 Å². The van der Waals surface area contributed by atoms with Crippen molar-refractivity contribution < 1.29 is 9.59 Å². The van der Waals surface area contributed by atoms with Crippen LogP contribution in [0.1, 0.15) is 46.0 Å². The van der Waals surface area contributed by atoms with Gasteiger partial charge < -0.3 is 25.8 Å². The van der Waals surface area contributed by atoms with E-state index in [1.54, 1.807) is 13.1 Å². The van der Waals surface area contributed by atoms with E-state index in [9.17, 15) is 9.59 Å². The normalized spacial score (nSPS) is 17.5. The van der Waals surface area contributed by atoms with Gasteiger partial charge in [0.1, 0.15) is 5.82 Å². The summed E-state index contributed by atoms with van der Waals surface area (Å²) in [6.07, 6.45) is 8.69. The van der Waals surface area contributed by atoms with Crippen LogP contribution in [0.2, 0.25) is 0 Å². The number of carbonyl (C=O) groups excluding carboxylic acids is 2. The molecule has 1 aromatic rings. The van der Waals surface area contributed by atoms with E-state index in [0.29, 0.717) is 18.2 Å². The fourth-order valence-electron chi connectivity index (χ4n) is 4.42. The summed E-state index contributed by atoms with van der Waals surface area (Å²) in [5.74, 6) is 1.30. The molecule has 0 radical (unpaired) electrons. The number of hydrogen-bond acceptors (Lipinski definition) is 6. The van der Waals surface area contributed by atoms with Crippen molar-refractivity contribution in [1.29, 1.82) is 0 Å². The van der Waals surface area contributed by atoms with E-state index in [0.717, 1.165) is 69.2 Å². The monoisotopic (exact) mass is 480 g/mol. The first-order valence-electron chi connectivity index (χ1n) is 12.7. The largest absolute Gasteiger partial charge is 0.388 e. The van der Waals surface area contributed by atoms with Gasteiger partial charge in [0, 0.05) is 62.8 Å². The lowest BCUT2D eigenvalue weighted by Crippen LogP contribution is -2.39. The molecule has 0 spiro atoms. The number of hydrogen-bond donors (Lipinski definition) is 3. The third-order valence-electron chi connectivity index (χ3n) is 6.57. The Morgan fingerprint density at radius 3 is 2.46 bits per heavy atom. The Morgan fingerprint density at radius 2 is 1.77 bits per heavy atom. The topological polar surface area (TPSA) is 89.1 Å². The number of allylic oxidation sites excluding steroid dienone is 2. The fourth-order valence-corrected chi connectivity index (χ4v) is 4.42.